The van der Waals surface area contributed by atoms with Gasteiger partial charge in [-0.25, -0.2) is 4.98 Å². The van der Waals surface area contributed by atoms with Gasteiger partial charge in [0.1, 0.15) is 6.33 Å². The number of halogens is 3. The zero-order valence-corrected chi connectivity index (χ0v) is 14.4. The van der Waals surface area contributed by atoms with E-state index in [2.05, 4.69) is 10.3 Å². The number of anilines is 1. The van der Waals surface area contributed by atoms with Crippen molar-refractivity contribution in [1.29, 1.82) is 0 Å². The van der Waals surface area contributed by atoms with Crippen molar-refractivity contribution in [3.63, 3.8) is 0 Å². The highest BCUT2D eigenvalue weighted by Gasteiger charge is 2.32. The van der Waals surface area contributed by atoms with Gasteiger partial charge in [0.05, 0.1) is 22.3 Å². The van der Waals surface area contributed by atoms with Crippen LogP contribution in [0.1, 0.15) is 15.9 Å². The average molecular weight is 381 g/mol. The Balaban J connectivity index is 1.88. The van der Waals surface area contributed by atoms with Gasteiger partial charge < -0.3 is 5.32 Å². The molecule has 1 aromatic heterocycles. The normalized spacial score (nSPS) is 11.5. The van der Waals surface area contributed by atoms with Crippen LogP contribution in [0.15, 0.2) is 79.1 Å². The largest absolute Gasteiger partial charge is 0.416 e. The molecule has 140 valence electrons. The third-order valence-corrected chi connectivity index (χ3v) is 4.29. The van der Waals surface area contributed by atoms with E-state index in [9.17, 15) is 18.0 Å². The first-order valence-corrected chi connectivity index (χ1v) is 8.43. The molecular formula is C21H14F3N3O. The molecule has 0 spiro atoms. The van der Waals surface area contributed by atoms with Crippen LogP contribution in [0.25, 0.3) is 16.7 Å². The van der Waals surface area contributed by atoms with Gasteiger partial charge in [0.25, 0.3) is 5.91 Å². The SMILES string of the molecule is O=C(Nc1cc(C(F)(F)F)cc2ncn(-c3ccccc3)c12)c1ccccc1. The van der Waals surface area contributed by atoms with Gasteiger partial charge in [-0.3, -0.25) is 9.36 Å². The summed E-state index contributed by atoms with van der Waals surface area (Å²) in [6.07, 6.45) is -3.12. The summed E-state index contributed by atoms with van der Waals surface area (Å²) in [5, 5.41) is 2.61. The van der Waals surface area contributed by atoms with Crippen LogP contribution in [-0.2, 0) is 6.18 Å². The van der Waals surface area contributed by atoms with Crippen LogP contribution in [0.2, 0.25) is 0 Å². The van der Waals surface area contributed by atoms with Crippen molar-refractivity contribution in [3.05, 3.63) is 90.3 Å². The number of hydrogen-bond donors (Lipinski definition) is 1. The minimum absolute atomic E-state index is 0.0417. The Morgan fingerprint density at radius 1 is 0.929 bits per heavy atom. The molecule has 0 atom stereocenters. The standard InChI is InChI=1S/C21H14F3N3O/c22-21(23,24)15-11-17-19(27(13-25-17)16-9-5-2-6-10-16)18(12-15)26-20(28)14-7-3-1-4-8-14/h1-13H,(H,26,28). The quantitative estimate of drug-likeness (QED) is 0.524. The highest BCUT2D eigenvalue weighted by Crippen LogP contribution is 2.36. The first-order valence-electron chi connectivity index (χ1n) is 8.43. The number of fused-ring (bicyclic) bond motifs is 1. The second-order valence-electron chi connectivity index (χ2n) is 6.16. The molecule has 0 saturated heterocycles. The van der Waals surface area contributed by atoms with Gasteiger partial charge in [0, 0.05) is 11.3 Å². The monoisotopic (exact) mass is 381 g/mol. The maximum absolute atomic E-state index is 13.3. The number of carbonyl (C=O) groups is 1. The summed E-state index contributed by atoms with van der Waals surface area (Å²) in [5.74, 6) is -0.498. The Morgan fingerprint density at radius 2 is 1.57 bits per heavy atom. The molecule has 0 saturated carbocycles. The number of rotatable bonds is 3. The summed E-state index contributed by atoms with van der Waals surface area (Å²) in [7, 11) is 0. The minimum atomic E-state index is -4.56. The molecule has 0 bridgehead atoms. The second kappa shape index (κ2) is 6.84. The lowest BCUT2D eigenvalue weighted by molar-refractivity contribution is -0.137. The smallest absolute Gasteiger partial charge is 0.320 e. The molecule has 0 radical (unpaired) electrons. The van der Waals surface area contributed by atoms with Gasteiger partial charge in [0.15, 0.2) is 0 Å². The summed E-state index contributed by atoms with van der Waals surface area (Å²) in [6, 6.07) is 19.3. The number of amides is 1. The summed E-state index contributed by atoms with van der Waals surface area (Å²) in [6.45, 7) is 0. The van der Waals surface area contributed by atoms with Crippen molar-refractivity contribution < 1.29 is 18.0 Å². The number of para-hydroxylation sites is 1. The van der Waals surface area contributed by atoms with Crippen molar-refractivity contribution >= 4 is 22.6 Å². The molecule has 4 aromatic rings. The molecule has 1 heterocycles. The van der Waals surface area contributed by atoms with Crippen molar-refractivity contribution in [2.24, 2.45) is 0 Å². The lowest BCUT2D eigenvalue weighted by Gasteiger charge is -2.14. The van der Waals surface area contributed by atoms with Crippen molar-refractivity contribution in [1.82, 2.24) is 9.55 Å². The van der Waals surface area contributed by atoms with Crippen LogP contribution in [0.3, 0.4) is 0 Å². The Morgan fingerprint density at radius 3 is 2.21 bits per heavy atom. The van der Waals surface area contributed by atoms with Crippen LogP contribution < -0.4 is 5.32 Å². The third-order valence-electron chi connectivity index (χ3n) is 4.29. The van der Waals surface area contributed by atoms with E-state index in [1.807, 2.05) is 30.3 Å². The minimum Gasteiger partial charge on any atom is -0.320 e. The van der Waals surface area contributed by atoms with Crippen molar-refractivity contribution in [3.8, 4) is 5.69 Å². The van der Waals surface area contributed by atoms with E-state index in [0.717, 1.165) is 17.8 Å². The van der Waals surface area contributed by atoms with E-state index < -0.39 is 17.6 Å². The van der Waals surface area contributed by atoms with Crippen LogP contribution in [0, 0.1) is 0 Å². The maximum Gasteiger partial charge on any atom is 0.416 e. The molecule has 0 fully saturated rings. The first-order chi connectivity index (χ1) is 13.4. The number of alkyl halides is 3. The number of imidazole rings is 1. The van der Waals surface area contributed by atoms with Crippen molar-refractivity contribution in [2.45, 2.75) is 6.18 Å². The number of hydrogen-bond acceptors (Lipinski definition) is 2. The van der Waals surface area contributed by atoms with Gasteiger partial charge >= 0.3 is 6.18 Å². The summed E-state index contributed by atoms with van der Waals surface area (Å²) in [5.41, 5.74) is 0.769. The lowest BCUT2D eigenvalue weighted by Crippen LogP contribution is -2.14. The van der Waals surface area contributed by atoms with Gasteiger partial charge in [-0.2, -0.15) is 13.2 Å². The fourth-order valence-electron chi connectivity index (χ4n) is 2.98. The van der Waals surface area contributed by atoms with Gasteiger partial charge in [0.2, 0.25) is 0 Å². The average Bonchev–Trinajstić information content (AvgIpc) is 3.13. The van der Waals surface area contributed by atoms with E-state index in [-0.39, 0.29) is 11.2 Å². The zero-order chi connectivity index (χ0) is 19.7. The molecule has 1 amide bonds. The molecule has 4 nitrogen and oxygen atoms in total. The summed E-state index contributed by atoms with van der Waals surface area (Å²) < 4.78 is 41.7. The maximum atomic E-state index is 13.3. The molecule has 28 heavy (non-hydrogen) atoms. The molecular weight excluding hydrogens is 367 g/mol. The molecule has 4 rings (SSSR count). The van der Waals surface area contributed by atoms with Crippen LogP contribution in [-0.4, -0.2) is 15.5 Å². The van der Waals surface area contributed by atoms with E-state index >= 15 is 0 Å². The predicted octanol–water partition coefficient (Wildman–Crippen LogP) is 5.30. The molecule has 7 heteroatoms. The number of nitrogens with one attached hydrogen (secondary N) is 1. The molecule has 0 aliphatic heterocycles. The van der Waals surface area contributed by atoms with Crippen molar-refractivity contribution in [2.75, 3.05) is 5.32 Å². The topological polar surface area (TPSA) is 46.9 Å². The van der Waals surface area contributed by atoms with Gasteiger partial charge in [-0.1, -0.05) is 36.4 Å². The van der Waals surface area contributed by atoms with E-state index in [4.69, 9.17) is 0 Å². The van der Waals surface area contributed by atoms with E-state index in [1.165, 1.54) is 6.33 Å². The number of aromatic nitrogens is 2. The third kappa shape index (κ3) is 3.34. The second-order valence-corrected chi connectivity index (χ2v) is 6.16. The Kier molecular flexibility index (Phi) is 4.35. The zero-order valence-electron chi connectivity index (χ0n) is 14.4. The Labute approximate surface area is 158 Å². The van der Waals surface area contributed by atoms with E-state index in [1.54, 1.807) is 34.9 Å². The van der Waals surface area contributed by atoms with E-state index in [0.29, 0.717) is 11.1 Å². The molecule has 1 N–H and O–H groups in total. The molecule has 0 aliphatic rings. The highest BCUT2D eigenvalue weighted by molar-refractivity contribution is 6.08. The molecule has 0 aliphatic carbocycles. The fraction of sp³-hybridized carbons (Fsp3) is 0.0476. The van der Waals surface area contributed by atoms with Gasteiger partial charge in [-0.05, 0) is 36.4 Å². The highest BCUT2D eigenvalue weighted by atomic mass is 19.4. The molecule has 0 unspecified atom stereocenters. The molecule has 3 aromatic carbocycles. The number of benzene rings is 3. The Bertz CT molecular complexity index is 1140. The summed E-state index contributed by atoms with van der Waals surface area (Å²) in [4.78, 5) is 16.7. The fourth-order valence-corrected chi connectivity index (χ4v) is 2.98. The summed E-state index contributed by atoms with van der Waals surface area (Å²) >= 11 is 0. The first kappa shape index (κ1) is 17.8. The Hall–Kier alpha value is -3.61. The predicted molar refractivity (Wildman–Crippen MR) is 100 cm³/mol. The number of carbonyl (C=O) groups excluding carboxylic acids is 1. The van der Waals surface area contributed by atoms with Crippen LogP contribution >= 0.6 is 0 Å². The number of nitrogens with zero attached hydrogens (tertiary/aromatic N) is 2. The van der Waals surface area contributed by atoms with Gasteiger partial charge in [-0.15, -0.1) is 0 Å². The van der Waals surface area contributed by atoms with Crippen LogP contribution in [0.4, 0.5) is 18.9 Å². The lowest BCUT2D eigenvalue weighted by atomic mass is 10.1. The van der Waals surface area contributed by atoms with Crippen LogP contribution in [0.5, 0.6) is 0 Å².